The second kappa shape index (κ2) is 2.58. The molecular weight excluding hydrogens is 176 g/mol. The van der Waals surface area contributed by atoms with Gasteiger partial charge in [-0.25, -0.2) is 0 Å². The van der Waals surface area contributed by atoms with E-state index in [0.29, 0.717) is 0 Å². The molecule has 0 bridgehead atoms. The van der Waals surface area contributed by atoms with E-state index in [0.717, 1.165) is 28.5 Å². The van der Waals surface area contributed by atoms with Crippen LogP contribution in [0.15, 0.2) is 41.0 Å². The number of carbonyl (C=O) groups excluding carboxylic acids is 1. The molecule has 2 heteroatoms. The van der Waals surface area contributed by atoms with E-state index < -0.39 is 0 Å². The Hall–Kier alpha value is -1.83. The fourth-order valence-corrected chi connectivity index (χ4v) is 1.90. The van der Waals surface area contributed by atoms with Crippen molar-refractivity contribution < 1.29 is 9.21 Å². The monoisotopic (exact) mass is 184 g/mol. The smallest absolute Gasteiger partial charge is 0.185 e. The summed E-state index contributed by atoms with van der Waals surface area (Å²) >= 11 is 0. The molecule has 1 aromatic heterocycles. The second-order valence-electron chi connectivity index (χ2n) is 3.40. The molecule has 0 aliphatic heterocycles. The normalized spacial score (nSPS) is 14.7. The van der Waals surface area contributed by atoms with E-state index in [2.05, 4.69) is 0 Å². The summed E-state index contributed by atoms with van der Waals surface area (Å²) in [6, 6.07) is 5.71. The number of ketones is 1. The van der Waals surface area contributed by atoms with Crippen LogP contribution in [0.1, 0.15) is 15.9 Å². The lowest BCUT2D eigenvalue weighted by Gasteiger charge is -2.09. The lowest BCUT2D eigenvalue weighted by atomic mass is 9.94. The van der Waals surface area contributed by atoms with Crippen molar-refractivity contribution in [1.82, 2.24) is 0 Å². The lowest BCUT2D eigenvalue weighted by molar-refractivity contribution is 0.104. The third kappa shape index (κ3) is 0.880. The largest absolute Gasteiger partial charge is 0.464 e. The Morgan fingerprint density at radius 1 is 1.21 bits per heavy atom. The van der Waals surface area contributed by atoms with Gasteiger partial charge in [-0.3, -0.25) is 4.79 Å². The maximum Gasteiger partial charge on any atom is 0.185 e. The van der Waals surface area contributed by atoms with Gasteiger partial charge < -0.3 is 4.42 Å². The van der Waals surface area contributed by atoms with Crippen molar-refractivity contribution >= 4 is 16.8 Å². The van der Waals surface area contributed by atoms with Crippen molar-refractivity contribution in [1.29, 1.82) is 0 Å². The molecule has 0 radical (unpaired) electrons. The predicted molar refractivity (Wildman–Crippen MR) is 53.4 cm³/mol. The molecular formula is C12H8O2. The number of rotatable bonds is 0. The van der Waals surface area contributed by atoms with Gasteiger partial charge in [0.1, 0.15) is 5.58 Å². The summed E-state index contributed by atoms with van der Waals surface area (Å²) in [6.07, 6.45) is 5.95. The minimum absolute atomic E-state index is 0.0737. The molecule has 0 saturated carbocycles. The summed E-state index contributed by atoms with van der Waals surface area (Å²) in [5.74, 6) is 0.0737. The van der Waals surface area contributed by atoms with Gasteiger partial charge in [-0.2, -0.15) is 0 Å². The maximum absolute atomic E-state index is 11.5. The van der Waals surface area contributed by atoms with Gasteiger partial charge in [0.05, 0.1) is 6.26 Å². The van der Waals surface area contributed by atoms with Crippen LogP contribution in [0, 0.1) is 0 Å². The third-order valence-electron chi connectivity index (χ3n) is 2.58. The van der Waals surface area contributed by atoms with Crippen LogP contribution >= 0.6 is 0 Å². The molecule has 0 N–H and O–H groups in total. The number of allylic oxidation sites excluding steroid dienone is 2. The van der Waals surface area contributed by atoms with Crippen LogP contribution in [0.25, 0.3) is 11.0 Å². The van der Waals surface area contributed by atoms with E-state index in [1.807, 2.05) is 24.3 Å². The van der Waals surface area contributed by atoms with Crippen molar-refractivity contribution in [3.05, 3.63) is 47.7 Å². The van der Waals surface area contributed by atoms with E-state index in [-0.39, 0.29) is 5.78 Å². The summed E-state index contributed by atoms with van der Waals surface area (Å²) in [4.78, 5) is 11.5. The van der Waals surface area contributed by atoms with Gasteiger partial charge >= 0.3 is 0 Å². The van der Waals surface area contributed by atoms with Crippen LogP contribution in [-0.2, 0) is 6.42 Å². The number of carbonyl (C=O) groups is 1. The van der Waals surface area contributed by atoms with E-state index in [9.17, 15) is 4.79 Å². The molecule has 0 fully saturated rings. The summed E-state index contributed by atoms with van der Waals surface area (Å²) in [5.41, 5.74) is 2.63. The first kappa shape index (κ1) is 7.56. The van der Waals surface area contributed by atoms with Crippen LogP contribution in [-0.4, -0.2) is 5.78 Å². The minimum Gasteiger partial charge on any atom is -0.464 e. The minimum atomic E-state index is 0.0737. The fourth-order valence-electron chi connectivity index (χ4n) is 1.90. The Bertz CT molecular complexity index is 546. The van der Waals surface area contributed by atoms with Crippen LogP contribution < -0.4 is 0 Å². The number of furan rings is 1. The standard InChI is InChI=1S/C12H8O2/c13-11-3-1-2-10-9(11)5-4-8-6-7-14-12(8)10/h1,3-7H,2H2. The highest BCUT2D eigenvalue weighted by molar-refractivity contribution is 6.09. The molecule has 68 valence electrons. The molecule has 2 nitrogen and oxygen atoms in total. The summed E-state index contributed by atoms with van der Waals surface area (Å²) in [7, 11) is 0. The molecule has 1 heterocycles. The lowest BCUT2D eigenvalue weighted by Crippen LogP contribution is -2.05. The molecule has 1 aromatic carbocycles. The Morgan fingerprint density at radius 3 is 3.07 bits per heavy atom. The van der Waals surface area contributed by atoms with E-state index in [1.165, 1.54) is 0 Å². The number of hydrogen-bond acceptors (Lipinski definition) is 2. The van der Waals surface area contributed by atoms with Crippen molar-refractivity contribution in [3.8, 4) is 0 Å². The average molecular weight is 184 g/mol. The van der Waals surface area contributed by atoms with Gasteiger partial charge in [0.25, 0.3) is 0 Å². The molecule has 2 aromatic rings. The zero-order valence-electron chi connectivity index (χ0n) is 7.49. The van der Waals surface area contributed by atoms with Gasteiger partial charge in [-0.15, -0.1) is 0 Å². The summed E-state index contributed by atoms with van der Waals surface area (Å²) < 4.78 is 5.38. The van der Waals surface area contributed by atoms with Crippen LogP contribution in [0.2, 0.25) is 0 Å². The summed E-state index contributed by atoms with van der Waals surface area (Å²) in [5, 5.41) is 1.06. The molecule has 0 spiro atoms. The Morgan fingerprint density at radius 2 is 2.14 bits per heavy atom. The molecule has 0 amide bonds. The average Bonchev–Trinajstić information content (AvgIpc) is 2.66. The van der Waals surface area contributed by atoms with Crippen LogP contribution in [0.4, 0.5) is 0 Å². The Balaban J connectivity index is 2.41. The van der Waals surface area contributed by atoms with E-state index in [1.54, 1.807) is 12.3 Å². The van der Waals surface area contributed by atoms with Crippen molar-refractivity contribution in [2.75, 3.05) is 0 Å². The number of benzene rings is 1. The highest BCUT2D eigenvalue weighted by Gasteiger charge is 2.16. The molecule has 14 heavy (non-hydrogen) atoms. The second-order valence-corrected chi connectivity index (χ2v) is 3.40. The van der Waals surface area contributed by atoms with Crippen LogP contribution in [0.5, 0.6) is 0 Å². The first-order chi connectivity index (χ1) is 6.86. The predicted octanol–water partition coefficient (Wildman–Crippen LogP) is 2.73. The molecule has 1 aliphatic rings. The highest BCUT2D eigenvalue weighted by Crippen LogP contribution is 2.26. The van der Waals surface area contributed by atoms with Gasteiger partial charge in [-0.1, -0.05) is 12.1 Å². The molecule has 0 saturated heterocycles. The van der Waals surface area contributed by atoms with Crippen molar-refractivity contribution in [2.45, 2.75) is 6.42 Å². The molecule has 3 rings (SSSR count). The highest BCUT2D eigenvalue weighted by atomic mass is 16.3. The molecule has 1 aliphatic carbocycles. The van der Waals surface area contributed by atoms with Gasteiger partial charge in [-0.05, 0) is 24.6 Å². The maximum atomic E-state index is 11.5. The van der Waals surface area contributed by atoms with Gasteiger partial charge in [0.15, 0.2) is 5.78 Å². The number of fused-ring (bicyclic) bond motifs is 3. The third-order valence-corrected chi connectivity index (χ3v) is 2.58. The SMILES string of the molecule is O=C1C=CCc2c1ccc1ccoc21. The van der Waals surface area contributed by atoms with E-state index in [4.69, 9.17) is 4.42 Å². The quantitative estimate of drug-likeness (QED) is 0.630. The van der Waals surface area contributed by atoms with E-state index >= 15 is 0 Å². The molecule has 0 unspecified atom stereocenters. The Kier molecular flexibility index (Phi) is 1.39. The fraction of sp³-hybridized carbons (Fsp3) is 0.0833. The first-order valence-electron chi connectivity index (χ1n) is 4.56. The first-order valence-corrected chi connectivity index (χ1v) is 4.56. The topological polar surface area (TPSA) is 30.2 Å². The zero-order chi connectivity index (χ0) is 9.54. The van der Waals surface area contributed by atoms with Crippen LogP contribution in [0.3, 0.4) is 0 Å². The number of hydrogen-bond donors (Lipinski definition) is 0. The molecule has 0 atom stereocenters. The van der Waals surface area contributed by atoms with Crippen molar-refractivity contribution in [2.24, 2.45) is 0 Å². The van der Waals surface area contributed by atoms with Crippen molar-refractivity contribution in [3.63, 3.8) is 0 Å². The zero-order valence-corrected chi connectivity index (χ0v) is 7.49. The summed E-state index contributed by atoms with van der Waals surface area (Å²) in [6.45, 7) is 0. The van der Waals surface area contributed by atoms with Gasteiger partial charge in [0, 0.05) is 16.5 Å². The van der Waals surface area contributed by atoms with Gasteiger partial charge in [0.2, 0.25) is 0 Å². The Labute approximate surface area is 80.8 Å².